The number of aromatic nitrogens is 2. The molecule has 5 heteroatoms. The number of fused-ring (bicyclic) bond motifs is 1. The summed E-state index contributed by atoms with van der Waals surface area (Å²) in [7, 11) is 1.90. The summed E-state index contributed by atoms with van der Waals surface area (Å²) in [5.74, 6) is 1.89. The van der Waals surface area contributed by atoms with E-state index in [9.17, 15) is 0 Å². The smallest absolute Gasteiger partial charge is 0.134 e. The van der Waals surface area contributed by atoms with Crippen LogP contribution in [-0.4, -0.2) is 47.1 Å². The fourth-order valence-corrected chi connectivity index (χ4v) is 3.27. The van der Waals surface area contributed by atoms with Gasteiger partial charge in [0.05, 0.1) is 0 Å². The lowest BCUT2D eigenvalue weighted by Gasteiger charge is -2.22. The second-order valence-electron chi connectivity index (χ2n) is 5.23. The molecule has 0 bridgehead atoms. The third-order valence-electron chi connectivity index (χ3n) is 4.25. The summed E-state index contributed by atoms with van der Waals surface area (Å²) >= 11 is 0. The van der Waals surface area contributed by atoms with Crippen LogP contribution in [0.25, 0.3) is 0 Å². The van der Waals surface area contributed by atoms with E-state index in [4.69, 9.17) is 0 Å². The van der Waals surface area contributed by atoms with Crippen LogP contribution in [0.15, 0.2) is 6.33 Å². The van der Waals surface area contributed by atoms with E-state index in [1.165, 1.54) is 32.4 Å². The van der Waals surface area contributed by atoms with Gasteiger partial charge in [-0.2, -0.15) is 0 Å². The van der Waals surface area contributed by atoms with Crippen molar-refractivity contribution in [3.63, 3.8) is 0 Å². The fourth-order valence-electron chi connectivity index (χ4n) is 3.27. The van der Waals surface area contributed by atoms with Crippen LogP contribution in [0.4, 0.5) is 11.6 Å². The molecule has 0 aromatic carbocycles. The second-order valence-corrected chi connectivity index (χ2v) is 5.23. The maximum atomic E-state index is 4.38. The van der Waals surface area contributed by atoms with Crippen molar-refractivity contribution in [2.75, 3.05) is 30.8 Å². The Kier molecular flexibility index (Phi) is 3.07. The van der Waals surface area contributed by atoms with Crippen molar-refractivity contribution in [2.24, 2.45) is 0 Å². The normalized spacial score (nSPS) is 27.2. The average Bonchev–Trinajstić information content (AvgIpc) is 2.96. The van der Waals surface area contributed by atoms with Gasteiger partial charge < -0.3 is 10.6 Å². The van der Waals surface area contributed by atoms with Gasteiger partial charge in [0, 0.05) is 31.2 Å². The summed E-state index contributed by atoms with van der Waals surface area (Å²) in [5.41, 5.74) is 1.11. The van der Waals surface area contributed by atoms with Crippen molar-refractivity contribution < 1.29 is 0 Å². The third kappa shape index (κ3) is 1.92. The molecule has 2 atom stereocenters. The van der Waals surface area contributed by atoms with E-state index in [-0.39, 0.29) is 0 Å². The van der Waals surface area contributed by atoms with Crippen molar-refractivity contribution >= 4 is 11.6 Å². The highest BCUT2D eigenvalue weighted by Crippen LogP contribution is 2.30. The van der Waals surface area contributed by atoms with Crippen LogP contribution in [-0.2, 0) is 0 Å². The number of hydrogen-bond acceptors (Lipinski definition) is 5. The zero-order valence-electron chi connectivity index (χ0n) is 11.1. The van der Waals surface area contributed by atoms with Gasteiger partial charge in [0.25, 0.3) is 0 Å². The molecular formula is C13H21N5. The van der Waals surface area contributed by atoms with Gasteiger partial charge in [-0.15, -0.1) is 0 Å². The SMILES string of the molecule is CNc1ncnc(NC2CCN3CCCC23)c1C. The highest BCUT2D eigenvalue weighted by atomic mass is 15.2. The van der Waals surface area contributed by atoms with Gasteiger partial charge >= 0.3 is 0 Å². The first-order chi connectivity index (χ1) is 8.79. The Hall–Kier alpha value is -1.36. The van der Waals surface area contributed by atoms with E-state index in [0.717, 1.165) is 17.2 Å². The van der Waals surface area contributed by atoms with E-state index < -0.39 is 0 Å². The summed E-state index contributed by atoms with van der Waals surface area (Å²) in [4.78, 5) is 11.2. The first kappa shape index (κ1) is 11.7. The number of anilines is 2. The number of nitrogens with zero attached hydrogens (tertiary/aromatic N) is 3. The lowest BCUT2D eigenvalue weighted by molar-refractivity contribution is 0.318. The molecule has 2 unspecified atom stereocenters. The topological polar surface area (TPSA) is 53.1 Å². The molecule has 3 rings (SSSR count). The van der Waals surface area contributed by atoms with Crippen molar-refractivity contribution in [1.29, 1.82) is 0 Å². The van der Waals surface area contributed by atoms with E-state index >= 15 is 0 Å². The molecule has 1 aromatic heterocycles. The van der Waals surface area contributed by atoms with Crippen LogP contribution in [0.3, 0.4) is 0 Å². The molecule has 2 aliphatic heterocycles. The lowest BCUT2D eigenvalue weighted by atomic mass is 10.1. The molecule has 3 heterocycles. The minimum absolute atomic E-state index is 0.547. The largest absolute Gasteiger partial charge is 0.373 e. The Balaban J connectivity index is 1.76. The fraction of sp³-hybridized carbons (Fsp3) is 0.692. The lowest BCUT2D eigenvalue weighted by Crippen LogP contribution is -2.34. The van der Waals surface area contributed by atoms with Crippen LogP contribution in [0.5, 0.6) is 0 Å². The quantitative estimate of drug-likeness (QED) is 0.847. The van der Waals surface area contributed by atoms with Crippen LogP contribution in [0.2, 0.25) is 0 Å². The Morgan fingerprint density at radius 2 is 2.06 bits per heavy atom. The van der Waals surface area contributed by atoms with Crippen LogP contribution < -0.4 is 10.6 Å². The van der Waals surface area contributed by atoms with Crippen LogP contribution >= 0.6 is 0 Å². The summed E-state index contributed by atoms with van der Waals surface area (Å²) in [5, 5.41) is 6.73. The zero-order valence-corrected chi connectivity index (χ0v) is 11.1. The van der Waals surface area contributed by atoms with Gasteiger partial charge in [0.2, 0.25) is 0 Å². The Bertz CT molecular complexity index is 433. The maximum absolute atomic E-state index is 4.38. The van der Waals surface area contributed by atoms with E-state index in [2.05, 4.69) is 32.4 Å². The number of hydrogen-bond donors (Lipinski definition) is 2. The van der Waals surface area contributed by atoms with Crippen molar-refractivity contribution in [3.8, 4) is 0 Å². The van der Waals surface area contributed by atoms with Gasteiger partial charge in [0.1, 0.15) is 18.0 Å². The molecule has 98 valence electrons. The molecule has 2 aliphatic rings. The molecule has 0 radical (unpaired) electrons. The summed E-state index contributed by atoms with van der Waals surface area (Å²) in [6.07, 6.45) is 5.51. The summed E-state index contributed by atoms with van der Waals surface area (Å²) in [6.45, 7) is 4.56. The van der Waals surface area contributed by atoms with Gasteiger partial charge in [-0.25, -0.2) is 9.97 Å². The Labute approximate surface area is 108 Å². The monoisotopic (exact) mass is 247 g/mol. The average molecular weight is 247 g/mol. The maximum Gasteiger partial charge on any atom is 0.134 e. The highest BCUT2D eigenvalue weighted by molar-refractivity contribution is 5.56. The molecule has 0 amide bonds. The van der Waals surface area contributed by atoms with E-state index in [1.54, 1.807) is 6.33 Å². The highest BCUT2D eigenvalue weighted by Gasteiger charge is 2.37. The van der Waals surface area contributed by atoms with Crippen LogP contribution in [0, 0.1) is 6.92 Å². The second kappa shape index (κ2) is 4.72. The molecule has 0 aliphatic carbocycles. The molecule has 1 aromatic rings. The summed E-state index contributed by atoms with van der Waals surface area (Å²) in [6, 6.07) is 1.25. The first-order valence-corrected chi connectivity index (χ1v) is 6.79. The van der Waals surface area contributed by atoms with Crippen molar-refractivity contribution in [1.82, 2.24) is 14.9 Å². The molecule has 5 nitrogen and oxygen atoms in total. The molecule has 0 spiro atoms. The Morgan fingerprint density at radius 3 is 2.89 bits per heavy atom. The molecule has 18 heavy (non-hydrogen) atoms. The molecule has 2 saturated heterocycles. The van der Waals surface area contributed by atoms with Gasteiger partial charge in [-0.05, 0) is 32.7 Å². The van der Waals surface area contributed by atoms with Crippen LogP contribution in [0.1, 0.15) is 24.8 Å². The third-order valence-corrected chi connectivity index (χ3v) is 4.25. The zero-order chi connectivity index (χ0) is 12.5. The molecule has 0 saturated carbocycles. The number of rotatable bonds is 3. The molecule has 2 fully saturated rings. The van der Waals surface area contributed by atoms with Crippen molar-refractivity contribution in [3.05, 3.63) is 11.9 Å². The molecule has 2 N–H and O–H groups in total. The predicted octanol–water partition coefficient (Wildman–Crippen LogP) is 1.48. The standard InChI is InChI=1S/C13H21N5/c1-9-12(14-2)15-8-16-13(9)17-10-5-7-18-6-3-4-11(10)18/h8,10-11H,3-7H2,1-2H3,(H2,14,15,16,17). The van der Waals surface area contributed by atoms with E-state index in [0.29, 0.717) is 12.1 Å². The predicted molar refractivity (Wildman–Crippen MR) is 72.9 cm³/mol. The van der Waals surface area contributed by atoms with Gasteiger partial charge in [-0.3, -0.25) is 4.90 Å². The summed E-state index contributed by atoms with van der Waals surface area (Å²) < 4.78 is 0. The van der Waals surface area contributed by atoms with Gasteiger partial charge in [-0.1, -0.05) is 0 Å². The minimum Gasteiger partial charge on any atom is -0.373 e. The number of nitrogens with one attached hydrogen (secondary N) is 2. The first-order valence-electron chi connectivity index (χ1n) is 6.79. The van der Waals surface area contributed by atoms with Gasteiger partial charge in [0.15, 0.2) is 0 Å². The Morgan fingerprint density at radius 1 is 1.22 bits per heavy atom. The van der Waals surface area contributed by atoms with E-state index in [1.807, 2.05) is 7.05 Å². The van der Waals surface area contributed by atoms with Crippen molar-refractivity contribution in [2.45, 2.75) is 38.3 Å². The minimum atomic E-state index is 0.547. The molecular weight excluding hydrogens is 226 g/mol.